The molecule has 0 radical (unpaired) electrons. The van der Waals surface area contributed by atoms with Gasteiger partial charge < -0.3 is 14.8 Å². The van der Waals surface area contributed by atoms with Crippen molar-refractivity contribution in [2.75, 3.05) is 38.8 Å². The smallest absolute Gasteiger partial charge is 0.142 e. The Hall–Kier alpha value is -1.64. The molecule has 0 amide bonds. The van der Waals surface area contributed by atoms with Gasteiger partial charge in [0.25, 0.3) is 0 Å². The molecule has 0 atom stereocenters. The van der Waals surface area contributed by atoms with Crippen LogP contribution in [0, 0.1) is 11.3 Å². The van der Waals surface area contributed by atoms with Crippen LogP contribution in [0.5, 0.6) is 0 Å². The third-order valence-electron chi connectivity index (χ3n) is 1.88. The van der Waals surface area contributed by atoms with Crippen molar-refractivity contribution in [1.29, 1.82) is 5.26 Å². The van der Waals surface area contributed by atoms with Gasteiger partial charge in [-0.3, -0.25) is 0 Å². The normalized spacial score (nSPS) is 9.75. The van der Waals surface area contributed by atoms with Crippen molar-refractivity contribution in [3.05, 3.63) is 24.0 Å². The summed E-state index contributed by atoms with van der Waals surface area (Å²) in [5.41, 5.74) is 1.28. The van der Waals surface area contributed by atoms with Crippen molar-refractivity contribution in [2.45, 2.75) is 0 Å². The lowest BCUT2D eigenvalue weighted by molar-refractivity contribution is 0.0759. The van der Waals surface area contributed by atoms with Gasteiger partial charge in [0, 0.05) is 25.5 Å². The molecule has 0 aliphatic carbocycles. The zero-order valence-electron chi connectivity index (χ0n) is 9.27. The third-order valence-corrected chi connectivity index (χ3v) is 1.88. The first-order valence-corrected chi connectivity index (χ1v) is 5.03. The minimum Gasteiger partial charge on any atom is -0.383 e. The van der Waals surface area contributed by atoms with Crippen LogP contribution in [0.2, 0.25) is 0 Å². The first kappa shape index (κ1) is 12.4. The number of nitriles is 1. The van der Waals surface area contributed by atoms with E-state index in [-0.39, 0.29) is 0 Å². The lowest BCUT2D eigenvalue weighted by Gasteiger charge is -2.06. The molecule has 86 valence electrons. The Morgan fingerprint density at radius 2 is 2.31 bits per heavy atom. The second kappa shape index (κ2) is 7.63. The summed E-state index contributed by atoms with van der Waals surface area (Å²) in [7, 11) is 1.64. The summed E-state index contributed by atoms with van der Waals surface area (Å²) in [5.74, 6) is 0. The summed E-state index contributed by atoms with van der Waals surface area (Å²) in [6.45, 7) is 2.50. The molecule has 1 rings (SSSR count). The standard InChI is InChI=1S/C11H15N3O2/c1-15-6-7-16-5-4-14-10-2-3-13-11(8-10)9-12/h2-3,8H,4-7H2,1H3,(H,13,14). The zero-order chi connectivity index (χ0) is 11.6. The SMILES string of the molecule is COCCOCCNc1ccnc(C#N)c1. The molecule has 0 bridgehead atoms. The highest BCUT2D eigenvalue weighted by atomic mass is 16.5. The second-order valence-corrected chi connectivity index (χ2v) is 3.07. The number of pyridine rings is 1. The van der Waals surface area contributed by atoms with E-state index < -0.39 is 0 Å². The van der Waals surface area contributed by atoms with Crippen LogP contribution < -0.4 is 5.32 Å². The van der Waals surface area contributed by atoms with E-state index in [1.54, 1.807) is 19.4 Å². The van der Waals surface area contributed by atoms with E-state index >= 15 is 0 Å². The van der Waals surface area contributed by atoms with E-state index in [1.807, 2.05) is 12.1 Å². The Bertz CT molecular complexity index is 349. The number of nitrogens with zero attached hydrogens (tertiary/aromatic N) is 2. The number of nitrogens with one attached hydrogen (secondary N) is 1. The Morgan fingerprint density at radius 1 is 1.44 bits per heavy atom. The van der Waals surface area contributed by atoms with E-state index in [2.05, 4.69) is 10.3 Å². The monoisotopic (exact) mass is 221 g/mol. The predicted molar refractivity (Wildman–Crippen MR) is 60.1 cm³/mol. The number of hydrogen-bond acceptors (Lipinski definition) is 5. The van der Waals surface area contributed by atoms with Crippen LogP contribution in [-0.2, 0) is 9.47 Å². The second-order valence-electron chi connectivity index (χ2n) is 3.07. The van der Waals surface area contributed by atoms with E-state index in [4.69, 9.17) is 14.7 Å². The molecule has 1 N–H and O–H groups in total. The maximum absolute atomic E-state index is 8.65. The molecule has 0 aliphatic rings. The van der Waals surface area contributed by atoms with Crippen LogP contribution in [0.3, 0.4) is 0 Å². The van der Waals surface area contributed by atoms with E-state index in [0.29, 0.717) is 32.1 Å². The average molecular weight is 221 g/mol. The molecule has 0 fully saturated rings. The Kier molecular flexibility index (Phi) is 5.92. The Labute approximate surface area is 95.0 Å². The minimum atomic E-state index is 0.408. The highest BCUT2D eigenvalue weighted by molar-refractivity contribution is 5.45. The van der Waals surface area contributed by atoms with Gasteiger partial charge in [-0.2, -0.15) is 5.26 Å². The molecule has 16 heavy (non-hydrogen) atoms. The van der Waals surface area contributed by atoms with Crippen molar-refractivity contribution < 1.29 is 9.47 Å². The molecular weight excluding hydrogens is 206 g/mol. The van der Waals surface area contributed by atoms with Crippen LogP contribution in [0.25, 0.3) is 0 Å². The van der Waals surface area contributed by atoms with Crippen LogP contribution in [0.15, 0.2) is 18.3 Å². The van der Waals surface area contributed by atoms with Crippen molar-refractivity contribution >= 4 is 5.69 Å². The molecule has 1 aromatic rings. The van der Waals surface area contributed by atoms with Crippen molar-refractivity contribution in [2.24, 2.45) is 0 Å². The molecular formula is C11H15N3O2. The summed E-state index contributed by atoms with van der Waals surface area (Å²) in [4.78, 5) is 3.88. The van der Waals surface area contributed by atoms with E-state index in [9.17, 15) is 0 Å². The number of aromatic nitrogens is 1. The van der Waals surface area contributed by atoms with Gasteiger partial charge in [0.1, 0.15) is 11.8 Å². The molecule has 1 aromatic heterocycles. The largest absolute Gasteiger partial charge is 0.383 e. The van der Waals surface area contributed by atoms with Crippen LogP contribution >= 0.6 is 0 Å². The zero-order valence-corrected chi connectivity index (χ0v) is 9.27. The molecule has 5 nitrogen and oxygen atoms in total. The van der Waals surface area contributed by atoms with Gasteiger partial charge in [0.05, 0.1) is 19.8 Å². The van der Waals surface area contributed by atoms with E-state index in [0.717, 1.165) is 5.69 Å². The lowest BCUT2D eigenvalue weighted by Crippen LogP contribution is -2.12. The molecule has 0 aliphatic heterocycles. The fourth-order valence-electron chi connectivity index (χ4n) is 1.11. The minimum absolute atomic E-state index is 0.408. The summed E-state index contributed by atoms with van der Waals surface area (Å²) >= 11 is 0. The number of anilines is 1. The quantitative estimate of drug-likeness (QED) is 0.696. The highest BCUT2D eigenvalue weighted by Gasteiger charge is 1.95. The van der Waals surface area contributed by atoms with Crippen molar-refractivity contribution in [3.8, 4) is 6.07 Å². The van der Waals surface area contributed by atoms with Crippen LogP contribution in [0.4, 0.5) is 5.69 Å². The average Bonchev–Trinajstić information content (AvgIpc) is 2.34. The highest BCUT2D eigenvalue weighted by Crippen LogP contribution is 2.06. The van der Waals surface area contributed by atoms with Crippen molar-refractivity contribution in [3.63, 3.8) is 0 Å². The van der Waals surface area contributed by atoms with Gasteiger partial charge in [-0.25, -0.2) is 4.98 Å². The third kappa shape index (κ3) is 4.73. The van der Waals surface area contributed by atoms with Crippen molar-refractivity contribution in [1.82, 2.24) is 4.98 Å². The van der Waals surface area contributed by atoms with Gasteiger partial charge in [-0.15, -0.1) is 0 Å². The molecule has 0 saturated carbocycles. The fraction of sp³-hybridized carbons (Fsp3) is 0.455. The topological polar surface area (TPSA) is 67.2 Å². The lowest BCUT2D eigenvalue weighted by atomic mass is 10.3. The maximum atomic E-state index is 8.65. The predicted octanol–water partition coefficient (Wildman–Crippen LogP) is 1.03. The van der Waals surface area contributed by atoms with Crippen LogP contribution in [-0.4, -0.2) is 38.5 Å². The first-order valence-electron chi connectivity index (χ1n) is 5.03. The first-order chi connectivity index (χ1) is 7.86. The summed E-state index contributed by atoms with van der Waals surface area (Å²) in [6, 6.07) is 5.51. The number of methoxy groups -OCH3 is 1. The molecule has 0 aromatic carbocycles. The van der Waals surface area contributed by atoms with Crippen LogP contribution in [0.1, 0.15) is 5.69 Å². The maximum Gasteiger partial charge on any atom is 0.142 e. The number of hydrogen-bond donors (Lipinski definition) is 1. The van der Waals surface area contributed by atoms with Gasteiger partial charge in [0.2, 0.25) is 0 Å². The molecule has 1 heterocycles. The van der Waals surface area contributed by atoms with Gasteiger partial charge in [0.15, 0.2) is 0 Å². The van der Waals surface area contributed by atoms with E-state index in [1.165, 1.54) is 0 Å². The Balaban J connectivity index is 2.19. The fourth-order valence-corrected chi connectivity index (χ4v) is 1.11. The Morgan fingerprint density at radius 3 is 3.06 bits per heavy atom. The van der Waals surface area contributed by atoms with Gasteiger partial charge in [-0.05, 0) is 12.1 Å². The molecule has 0 saturated heterocycles. The van der Waals surface area contributed by atoms with Gasteiger partial charge >= 0.3 is 0 Å². The molecule has 5 heteroatoms. The summed E-state index contributed by atoms with van der Waals surface area (Å²) < 4.78 is 10.1. The molecule has 0 unspecified atom stereocenters. The summed E-state index contributed by atoms with van der Waals surface area (Å²) in [6.07, 6.45) is 1.60. The van der Waals surface area contributed by atoms with Gasteiger partial charge in [-0.1, -0.05) is 0 Å². The number of ether oxygens (including phenoxy) is 2. The molecule has 0 spiro atoms. The number of rotatable bonds is 7. The summed E-state index contributed by atoms with van der Waals surface area (Å²) in [5, 5.41) is 11.8.